The van der Waals surface area contributed by atoms with Crippen molar-refractivity contribution in [3.8, 4) is 0 Å². The van der Waals surface area contributed by atoms with E-state index in [1.165, 1.54) is 0 Å². The smallest absolute Gasteiger partial charge is 0.347 e. The number of carbonyl (C=O) groups is 3. The summed E-state index contributed by atoms with van der Waals surface area (Å²) in [7, 11) is 0. The average Bonchev–Trinajstić information content (AvgIpc) is 2.62. The SMILES string of the molecule is O=C1OC(=O)c2c1cc1c(c2C(=O)O)CCCC1. The molecule has 0 bridgehead atoms. The van der Waals surface area contributed by atoms with Gasteiger partial charge in [-0.25, -0.2) is 14.4 Å². The molecule has 0 unspecified atom stereocenters. The van der Waals surface area contributed by atoms with Crippen molar-refractivity contribution in [1.82, 2.24) is 0 Å². The first-order valence-electron chi connectivity index (χ1n) is 5.78. The molecule has 1 aliphatic heterocycles. The fourth-order valence-corrected chi connectivity index (χ4v) is 2.70. The van der Waals surface area contributed by atoms with Gasteiger partial charge in [-0.15, -0.1) is 0 Å². The minimum atomic E-state index is -1.17. The van der Waals surface area contributed by atoms with Gasteiger partial charge in [0, 0.05) is 0 Å². The van der Waals surface area contributed by atoms with Gasteiger partial charge in [0.2, 0.25) is 0 Å². The quantitative estimate of drug-likeness (QED) is 0.601. The van der Waals surface area contributed by atoms with Crippen LogP contribution in [0.3, 0.4) is 0 Å². The van der Waals surface area contributed by atoms with Crippen molar-refractivity contribution in [3.63, 3.8) is 0 Å². The van der Waals surface area contributed by atoms with E-state index in [1.54, 1.807) is 6.07 Å². The summed E-state index contributed by atoms with van der Waals surface area (Å²) in [5, 5.41) is 9.29. The third kappa shape index (κ3) is 1.37. The first kappa shape index (κ1) is 11.0. The lowest BCUT2D eigenvalue weighted by Crippen LogP contribution is -2.15. The molecule has 1 heterocycles. The zero-order valence-electron chi connectivity index (χ0n) is 9.49. The van der Waals surface area contributed by atoms with Crippen LogP contribution in [0.25, 0.3) is 0 Å². The number of carboxylic acids is 1. The zero-order valence-corrected chi connectivity index (χ0v) is 9.49. The average molecular weight is 246 g/mol. The Kier molecular flexibility index (Phi) is 2.23. The molecule has 2 aliphatic rings. The third-order valence-electron chi connectivity index (χ3n) is 3.47. The lowest BCUT2D eigenvalue weighted by Gasteiger charge is -2.18. The molecule has 1 N–H and O–H groups in total. The molecular formula is C13H10O5. The Hall–Kier alpha value is -2.17. The van der Waals surface area contributed by atoms with Gasteiger partial charge in [-0.3, -0.25) is 0 Å². The number of carbonyl (C=O) groups excluding carboxylic acids is 2. The fourth-order valence-electron chi connectivity index (χ4n) is 2.70. The molecule has 0 amide bonds. The van der Waals surface area contributed by atoms with Crippen molar-refractivity contribution in [3.05, 3.63) is 33.9 Å². The van der Waals surface area contributed by atoms with Gasteiger partial charge in [0.05, 0.1) is 16.7 Å². The molecule has 5 nitrogen and oxygen atoms in total. The van der Waals surface area contributed by atoms with Gasteiger partial charge in [-0.05, 0) is 42.9 Å². The van der Waals surface area contributed by atoms with Crippen LogP contribution in [0.2, 0.25) is 0 Å². The molecule has 0 atom stereocenters. The summed E-state index contributed by atoms with van der Waals surface area (Å²) in [6.07, 6.45) is 3.24. The number of hydrogen-bond donors (Lipinski definition) is 1. The number of ether oxygens (including phenoxy) is 1. The predicted octanol–water partition coefficient (Wildman–Crippen LogP) is 1.57. The minimum Gasteiger partial charge on any atom is -0.478 e. The summed E-state index contributed by atoms with van der Waals surface area (Å²) >= 11 is 0. The normalized spacial score (nSPS) is 17.1. The molecule has 1 aromatic carbocycles. The van der Waals surface area contributed by atoms with Gasteiger partial charge >= 0.3 is 17.9 Å². The van der Waals surface area contributed by atoms with Gasteiger partial charge in [0.1, 0.15) is 0 Å². The van der Waals surface area contributed by atoms with E-state index in [4.69, 9.17) is 0 Å². The number of aromatic carboxylic acids is 1. The summed E-state index contributed by atoms with van der Waals surface area (Å²) in [5.41, 5.74) is 1.51. The number of benzene rings is 1. The molecule has 0 aromatic heterocycles. The predicted molar refractivity (Wildman–Crippen MR) is 59.8 cm³/mol. The number of carboxylic acid groups (broad SMARTS) is 1. The molecule has 0 fully saturated rings. The van der Waals surface area contributed by atoms with Crippen molar-refractivity contribution < 1.29 is 24.2 Å². The van der Waals surface area contributed by atoms with Crippen molar-refractivity contribution in [2.45, 2.75) is 25.7 Å². The van der Waals surface area contributed by atoms with Crippen molar-refractivity contribution in [2.75, 3.05) is 0 Å². The molecule has 0 spiro atoms. The van der Waals surface area contributed by atoms with E-state index in [1.807, 2.05) is 0 Å². The van der Waals surface area contributed by atoms with Gasteiger partial charge < -0.3 is 9.84 Å². The van der Waals surface area contributed by atoms with E-state index >= 15 is 0 Å². The monoisotopic (exact) mass is 246 g/mol. The third-order valence-corrected chi connectivity index (χ3v) is 3.47. The van der Waals surface area contributed by atoms with Crippen LogP contribution in [0.5, 0.6) is 0 Å². The number of hydrogen-bond acceptors (Lipinski definition) is 4. The second-order valence-electron chi connectivity index (χ2n) is 4.50. The Morgan fingerprint density at radius 1 is 1.17 bits per heavy atom. The van der Waals surface area contributed by atoms with Crippen LogP contribution in [-0.2, 0) is 17.6 Å². The maximum Gasteiger partial charge on any atom is 0.347 e. The van der Waals surface area contributed by atoms with Gasteiger partial charge in [-0.2, -0.15) is 0 Å². The first-order valence-corrected chi connectivity index (χ1v) is 5.78. The van der Waals surface area contributed by atoms with Crippen LogP contribution in [0, 0.1) is 0 Å². The Labute approximate surface area is 102 Å². The second kappa shape index (κ2) is 3.66. The van der Waals surface area contributed by atoms with Crippen LogP contribution in [0.15, 0.2) is 6.07 Å². The highest BCUT2D eigenvalue weighted by atomic mass is 16.6. The lowest BCUT2D eigenvalue weighted by molar-refractivity contribution is 0.0439. The van der Waals surface area contributed by atoms with Crippen LogP contribution in [0.1, 0.15) is 55.0 Å². The van der Waals surface area contributed by atoms with E-state index < -0.39 is 17.9 Å². The minimum absolute atomic E-state index is 0.0435. The van der Waals surface area contributed by atoms with Gasteiger partial charge in [-0.1, -0.05) is 0 Å². The molecule has 5 heteroatoms. The van der Waals surface area contributed by atoms with E-state index in [0.29, 0.717) is 12.0 Å². The molecule has 3 rings (SSSR count). The molecule has 1 aromatic rings. The van der Waals surface area contributed by atoms with Gasteiger partial charge in [0.15, 0.2) is 0 Å². The number of rotatable bonds is 1. The van der Waals surface area contributed by atoms with Crippen molar-refractivity contribution >= 4 is 17.9 Å². The zero-order chi connectivity index (χ0) is 12.9. The molecule has 0 radical (unpaired) electrons. The van der Waals surface area contributed by atoms with E-state index in [9.17, 15) is 19.5 Å². The van der Waals surface area contributed by atoms with E-state index in [0.717, 1.165) is 24.8 Å². The highest BCUT2D eigenvalue weighted by Crippen LogP contribution is 2.33. The molecule has 1 aliphatic carbocycles. The largest absolute Gasteiger partial charge is 0.478 e. The van der Waals surface area contributed by atoms with Crippen LogP contribution >= 0.6 is 0 Å². The molecule has 18 heavy (non-hydrogen) atoms. The summed E-state index contributed by atoms with van der Waals surface area (Å²) in [4.78, 5) is 34.4. The number of esters is 2. The maximum absolute atomic E-state index is 11.6. The topological polar surface area (TPSA) is 80.7 Å². The number of cyclic esters (lactones) is 2. The summed E-state index contributed by atoms with van der Waals surface area (Å²) in [5.74, 6) is -2.76. The lowest BCUT2D eigenvalue weighted by atomic mass is 9.84. The Bertz CT molecular complexity index is 600. The molecule has 92 valence electrons. The van der Waals surface area contributed by atoms with Crippen molar-refractivity contribution in [2.24, 2.45) is 0 Å². The number of aryl methyl sites for hydroxylation is 1. The van der Waals surface area contributed by atoms with E-state index in [2.05, 4.69) is 4.74 Å². The highest BCUT2D eigenvalue weighted by molar-refractivity contribution is 6.19. The second-order valence-corrected chi connectivity index (χ2v) is 4.50. The maximum atomic E-state index is 11.6. The van der Waals surface area contributed by atoms with Crippen LogP contribution < -0.4 is 0 Å². The number of fused-ring (bicyclic) bond motifs is 2. The Morgan fingerprint density at radius 2 is 1.89 bits per heavy atom. The molecule has 0 saturated carbocycles. The summed E-state index contributed by atoms with van der Waals surface area (Å²) < 4.78 is 4.50. The standard InChI is InChI=1S/C13H10O5/c14-11(15)9-7-4-2-1-3-6(7)5-8-10(9)13(17)18-12(8)16/h5H,1-4H2,(H,14,15). The van der Waals surface area contributed by atoms with Crippen LogP contribution in [0.4, 0.5) is 0 Å². The van der Waals surface area contributed by atoms with Gasteiger partial charge in [0.25, 0.3) is 0 Å². The fraction of sp³-hybridized carbons (Fsp3) is 0.308. The van der Waals surface area contributed by atoms with E-state index in [-0.39, 0.29) is 16.7 Å². The van der Waals surface area contributed by atoms with Crippen LogP contribution in [-0.4, -0.2) is 23.0 Å². The Balaban J connectivity index is 2.36. The van der Waals surface area contributed by atoms with Crippen molar-refractivity contribution in [1.29, 1.82) is 0 Å². The molecular weight excluding hydrogens is 236 g/mol. The molecule has 0 saturated heterocycles. The Morgan fingerprint density at radius 3 is 2.61 bits per heavy atom. The first-order chi connectivity index (χ1) is 8.59. The summed E-state index contributed by atoms with van der Waals surface area (Å²) in [6.45, 7) is 0. The highest BCUT2D eigenvalue weighted by Gasteiger charge is 2.37. The summed E-state index contributed by atoms with van der Waals surface area (Å²) in [6, 6.07) is 1.61.